The van der Waals surface area contributed by atoms with Crippen molar-refractivity contribution in [2.45, 2.75) is 61.3 Å². The number of fused-ring (bicyclic) bond motifs is 1. The molecule has 0 radical (unpaired) electrons. The predicted octanol–water partition coefficient (Wildman–Crippen LogP) is 4.90. The normalized spacial score (nSPS) is 11.0. The van der Waals surface area contributed by atoms with E-state index < -0.39 is 0 Å². The van der Waals surface area contributed by atoms with Gasteiger partial charge in [0.1, 0.15) is 5.65 Å². The number of hydrogen-bond donors (Lipinski definition) is 0. The summed E-state index contributed by atoms with van der Waals surface area (Å²) in [4.78, 5) is 4.52. The molecule has 0 saturated carbocycles. The zero-order chi connectivity index (χ0) is 17.3. The number of pyridine rings is 1. The zero-order valence-electron chi connectivity index (χ0n) is 15.6. The van der Waals surface area contributed by atoms with Gasteiger partial charge in [0.25, 0.3) is 0 Å². The summed E-state index contributed by atoms with van der Waals surface area (Å²) in [6, 6.07) is 2.13. The predicted molar refractivity (Wildman–Crippen MR) is 96.7 cm³/mol. The summed E-state index contributed by atoms with van der Waals surface area (Å²) < 4.78 is 4.18. The third-order valence-electron chi connectivity index (χ3n) is 4.24. The maximum Gasteiger partial charge on any atom is 0.141 e. The first-order chi connectivity index (χ1) is 10.9. The number of imidazole rings is 1. The molecule has 0 bridgehead atoms. The Morgan fingerprint density at radius 3 is 2.26 bits per heavy atom. The van der Waals surface area contributed by atoms with Crippen molar-refractivity contribution in [2.24, 2.45) is 0 Å². The highest BCUT2D eigenvalue weighted by atomic mass is 15.3. The highest BCUT2D eigenvalue weighted by Gasteiger charge is 2.17. The highest BCUT2D eigenvalue weighted by molar-refractivity contribution is 5.58. The Labute approximate surface area is 139 Å². The summed E-state index contributed by atoms with van der Waals surface area (Å²) >= 11 is 0. The Balaban J connectivity index is 0.000000924. The molecule has 0 atom stereocenters. The van der Waals surface area contributed by atoms with Crippen molar-refractivity contribution in [1.29, 1.82) is 0 Å². The number of aryl methyl sites for hydroxylation is 3. The molecular formula is C19H28N4. The van der Waals surface area contributed by atoms with Crippen LogP contribution in [0.2, 0.25) is 0 Å². The molecule has 0 aliphatic heterocycles. The maximum atomic E-state index is 4.76. The SMILES string of the molecule is CC.Cc1nn(-c2ccn3c(C)cnc3c2C)c(C)c1C(C)C. The quantitative estimate of drug-likeness (QED) is 0.674. The lowest BCUT2D eigenvalue weighted by Crippen LogP contribution is -2.04. The van der Waals surface area contributed by atoms with Gasteiger partial charge in [0, 0.05) is 29.3 Å². The molecule has 3 heterocycles. The van der Waals surface area contributed by atoms with E-state index in [0.29, 0.717) is 5.92 Å². The Morgan fingerprint density at radius 1 is 1.04 bits per heavy atom. The summed E-state index contributed by atoms with van der Waals surface area (Å²) in [5.41, 5.74) is 8.10. The van der Waals surface area contributed by atoms with Gasteiger partial charge in [-0.25, -0.2) is 9.67 Å². The van der Waals surface area contributed by atoms with E-state index in [1.54, 1.807) is 0 Å². The van der Waals surface area contributed by atoms with Crippen molar-refractivity contribution in [3.63, 3.8) is 0 Å². The van der Waals surface area contributed by atoms with E-state index in [0.717, 1.165) is 28.3 Å². The molecule has 0 aliphatic rings. The average molecular weight is 312 g/mol. The molecule has 23 heavy (non-hydrogen) atoms. The van der Waals surface area contributed by atoms with Crippen molar-refractivity contribution in [2.75, 3.05) is 0 Å². The van der Waals surface area contributed by atoms with Gasteiger partial charge in [0.05, 0.1) is 11.4 Å². The van der Waals surface area contributed by atoms with Crippen molar-refractivity contribution >= 4 is 5.65 Å². The van der Waals surface area contributed by atoms with Gasteiger partial charge in [-0.05, 0) is 45.2 Å². The van der Waals surface area contributed by atoms with E-state index >= 15 is 0 Å². The molecule has 0 fully saturated rings. The van der Waals surface area contributed by atoms with E-state index in [2.05, 4.69) is 67.9 Å². The maximum absolute atomic E-state index is 4.76. The molecule has 3 aromatic heterocycles. The van der Waals surface area contributed by atoms with Gasteiger partial charge in [-0.3, -0.25) is 0 Å². The lowest BCUT2D eigenvalue weighted by Gasteiger charge is -2.11. The van der Waals surface area contributed by atoms with Crippen LogP contribution in [0.25, 0.3) is 11.3 Å². The molecule has 4 nitrogen and oxygen atoms in total. The van der Waals surface area contributed by atoms with Crippen molar-refractivity contribution in [3.8, 4) is 5.69 Å². The number of hydrogen-bond acceptors (Lipinski definition) is 2. The Kier molecular flexibility index (Phi) is 4.93. The Morgan fingerprint density at radius 2 is 1.70 bits per heavy atom. The van der Waals surface area contributed by atoms with E-state index in [9.17, 15) is 0 Å². The fraction of sp³-hybridized carbons (Fsp3) is 0.474. The number of rotatable bonds is 2. The van der Waals surface area contributed by atoms with Gasteiger partial charge in [-0.2, -0.15) is 5.10 Å². The van der Waals surface area contributed by atoms with Crippen LogP contribution in [0.1, 0.15) is 61.8 Å². The van der Waals surface area contributed by atoms with Gasteiger partial charge >= 0.3 is 0 Å². The van der Waals surface area contributed by atoms with Crippen LogP contribution in [0.3, 0.4) is 0 Å². The molecule has 4 heteroatoms. The van der Waals surface area contributed by atoms with Crippen LogP contribution in [0, 0.1) is 27.7 Å². The van der Waals surface area contributed by atoms with Crippen molar-refractivity contribution in [3.05, 3.63) is 46.7 Å². The molecule has 0 unspecified atom stereocenters. The van der Waals surface area contributed by atoms with Crippen LogP contribution in [0.4, 0.5) is 0 Å². The monoisotopic (exact) mass is 312 g/mol. The minimum absolute atomic E-state index is 0.483. The molecule has 0 aromatic carbocycles. The molecule has 124 valence electrons. The van der Waals surface area contributed by atoms with E-state index in [1.165, 1.54) is 11.3 Å². The summed E-state index contributed by atoms with van der Waals surface area (Å²) in [6.07, 6.45) is 3.98. The standard InChI is InChI=1S/C17H22N4.C2H6/c1-10(2)16-13(5)19-21(14(16)6)15-7-8-20-11(3)9-18-17(20)12(15)4;1-2/h7-10H,1-6H3;1-2H3. The van der Waals surface area contributed by atoms with E-state index in [4.69, 9.17) is 5.10 Å². The summed E-state index contributed by atoms with van der Waals surface area (Å²) in [7, 11) is 0. The highest BCUT2D eigenvalue weighted by Crippen LogP contribution is 2.27. The lowest BCUT2D eigenvalue weighted by atomic mass is 10.0. The first-order valence-corrected chi connectivity index (χ1v) is 8.41. The molecule has 0 saturated heterocycles. The second-order valence-electron chi connectivity index (χ2n) is 6.07. The van der Waals surface area contributed by atoms with Crippen LogP contribution < -0.4 is 0 Å². The van der Waals surface area contributed by atoms with Crippen LogP contribution in [0.15, 0.2) is 18.5 Å². The van der Waals surface area contributed by atoms with E-state index in [1.807, 2.05) is 20.0 Å². The summed E-state index contributed by atoms with van der Waals surface area (Å²) in [5.74, 6) is 0.483. The van der Waals surface area contributed by atoms with E-state index in [-0.39, 0.29) is 0 Å². The molecular weight excluding hydrogens is 284 g/mol. The first kappa shape index (κ1) is 17.3. The smallest absolute Gasteiger partial charge is 0.141 e. The lowest BCUT2D eigenvalue weighted by molar-refractivity contribution is 0.815. The molecule has 3 rings (SSSR count). The zero-order valence-corrected chi connectivity index (χ0v) is 15.6. The van der Waals surface area contributed by atoms with Crippen LogP contribution >= 0.6 is 0 Å². The second kappa shape index (κ2) is 6.57. The third kappa shape index (κ3) is 2.78. The number of aromatic nitrogens is 4. The van der Waals surface area contributed by atoms with Crippen LogP contribution in [0.5, 0.6) is 0 Å². The first-order valence-electron chi connectivity index (χ1n) is 8.41. The second-order valence-corrected chi connectivity index (χ2v) is 6.07. The van der Waals surface area contributed by atoms with Crippen molar-refractivity contribution in [1.82, 2.24) is 19.2 Å². The summed E-state index contributed by atoms with van der Waals surface area (Å²) in [5, 5.41) is 4.76. The topological polar surface area (TPSA) is 35.1 Å². The molecule has 3 aromatic rings. The van der Waals surface area contributed by atoms with Gasteiger partial charge in [-0.1, -0.05) is 27.7 Å². The molecule has 0 amide bonds. The minimum atomic E-state index is 0.483. The van der Waals surface area contributed by atoms with Gasteiger partial charge < -0.3 is 4.40 Å². The fourth-order valence-corrected chi connectivity index (χ4v) is 3.25. The Bertz CT molecular complexity index is 822. The van der Waals surface area contributed by atoms with Gasteiger partial charge in [0.2, 0.25) is 0 Å². The summed E-state index contributed by atoms with van der Waals surface area (Å²) in [6.45, 7) is 16.9. The third-order valence-corrected chi connectivity index (χ3v) is 4.24. The average Bonchev–Trinajstić information content (AvgIpc) is 3.03. The van der Waals surface area contributed by atoms with Gasteiger partial charge in [-0.15, -0.1) is 0 Å². The largest absolute Gasteiger partial charge is 0.304 e. The fourth-order valence-electron chi connectivity index (χ4n) is 3.25. The van der Waals surface area contributed by atoms with Crippen LogP contribution in [-0.2, 0) is 0 Å². The Hall–Kier alpha value is -2.10. The van der Waals surface area contributed by atoms with Crippen molar-refractivity contribution < 1.29 is 0 Å². The molecule has 0 spiro atoms. The molecule has 0 aliphatic carbocycles. The molecule has 0 N–H and O–H groups in total. The number of nitrogens with zero attached hydrogens (tertiary/aromatic N) is 4. The minimum Gasteiger partial charge on any atom is -0.304 e. The van der Waals surface area contributed by atoms with Gasteiger partial charge in [0.15, 0.2) is 0 Å². The van der Waals surface area contributed by atoms with Crippen LogP contribution in [-0.4, -0.2) is 19.2 Å².